The minimum Gasteiger partial charge on any atom is -0.506 e. The highest BCUT2D eigenvalue weighted by Crippen LogP contribution is 2.38. The van der Waals surface area contributed by atoms with Crippen LogP contribution in [0.1, 0.15) is 120 Å². The number of ketones is 8. The van der Waals surface area contributed by atoms with Crippen molar-refractivity contribution >= 4 is 101 Å². The SMILES string of the molecule is CC(=O)CCC(=O)c1c(O)c2ccc(Oc3ccc(F)cc3)cc2n(C)c1=O.CC(=O)CCC(=O)c1c(O)c2ccc(Oc3cccc(F)c3)cc2n(C)c1=O.CC(=O)CCC(=O)c1c(O)c2ccc(Oc3ccccc3Cl)cc2n(C)c1=O.CC(=O)CCC(=O)c1c(O)c2ccc(Oc3ccccc3F)cc2n(C)c1=O. The van der Waals surface area contributed by atoms with Gasteiger partial charge in [-0.15, -0.1) is 0 Å². The van der Waals surface area contributed by atoms with Gasteiger partial charge in [-0.2, -0.15) is 0 Å². The van der Waals surface area contributed by atoms with Crippen molar-refractivity contribution in [2.45, 2.75) is 79.1 Å². The number of halogens is 4. The van der Waals surface area contributed by atoms with Crippen molar-refractivity contribution in [1.82, 2.24) is 18.3 Å². The second kappa shape index (κ2) is 36.1. The fourth-order valence-electron chi connectivity index (χ4n) is 11.5. The van der Waals surface area contributed by atoms with Gasteiger partial charge in [0.05, 0.1) is 27.1 Å². The molecule has 12 aromatic rings. The second-order valence-corrected chi connectivity index (χ2v) is 26.2. The summed E-state index contributed by atoms with van der Waals surface area (Å²) in [6, 6.07) is 42.4. The molecule has 8 aromatic carbocycles. The van der Waals surface area contributed by atoms with Crippen LogP contribution in [0, 0.1) is 17.5 Å². The monoisotopic (exact) mass is 1550 g/mol. The molecule has 0 atom stereocenters. The van der Waals surface area contributed by atoms with Gasteiger partial charge < -0.3 is 76.8 Å². The predicted octanol–water partition coefficient (Wildman–Crippen LogP) is 15.4. The van der Waals surface area contributed by atoms with Crippen LogP contribution in [0.4, 0.5) is 13.2 Å². The zero-order valence-electron chi connectivity index (χ0n) is 61.4. The molecule has 0 aliphatic carbocycles. The Hall–Kier alpha value is -13.6. The van der Waals surface area contributed by atoms with E-state index in [9.17, 15) is 91.1 Å². The Balaban J connectivity index is 0.000000171. The van der Waals surface area contributed by atoms with Crippen LogP contribution in [0.2, 0.25) is 5.02 Å². The molecule has 0 fully saturated rings. The maximum absolute atomic E-state index is 13.8. The molecule has 28 heteroatoms. The van der Waals surface area contributed by atoms with Gasteiger partial charge in [-0.05, 0) is 137 Å². The van der Waals surface area contributed by atoms with E-state index in [1.807, 2.05) is 0 Å². The van der Waals surface area contributed by atoms with E-state index in [1.165, 1.54) is 171 Å². The summed E-state index contributed by atoms with van der Waals surface area (Å²) in [4.78, 5) is 144. The van der Waals surface area contributed by atoms with Crippen LogP contribution in [0.3, 0.4) is 0 Å². The quantitative estimate of drug-likeness (QED) is 0.0408. The highest BCUT2D eigenvalue weighted by Gasteiger charge is 2.27. The second-order valence-electron chi connectivity index (χ2n) is 25.7. The Kier molecular flexibility index (Phi) is 26.6. The molecule has 12 rings (SSSR count). The first kappa shape index (κ1) is 82.5. The average Bonchev–Trinajstić information content (AvgIpc) is 0.781. The average molecular weight is 1550 g/mol. The number of hydrogen-bond acceptors (Lipinski definition) is 20. The van der Waals surface area contributed by atoms with Crippen LogP contribution < -0.4 is 41.2 Å². The number of ether oxygens (including phenoxy) is 4. The third-order valence-electron chi connectivity index (χ3n) is 17.5. The molecule has 0 aliphatic heterocycles. The summed E-state index contributed by atoms with van der Waals surface area (Å²) in [6.45, 7) is 5.43. The first-order valence-electron chi connectivity index (χ1n) is 34.4. The Morgan fingerprint density at radius 1 is 0.321 bits per heavy atom. The highest BCUT2D eigenvalue weighted by molar-refractivity contribution is 6.32. The highest BCUT2D eigenvalue weighted by atomic mass is 35.5. The summed E-state index contributed by atoms with van der Waals surface area (Å²) in [6.07, 6.45) is -0.558. The largest absolute Gasteiger partial charge is 0.506 e. The summed E-state index contributed by atoms with van der Waals surface area (Å²) in [5.41, 5.74) is -2.53. The van der Waals surface area contributed by atoms with E-state index in [0.717, 1.165) is 0 Å². The van der Waals surface area contributed by atoms with Gasteiger partial charge in [0.25, 0.3) is 22.2 Å². The number of para-hydroxylation sites is 2. The first-order valence-corrected chi connectivity index (χ1v) is 34.8. The number of aromatic nitrogens is 4. The Bertz CT molecular complexity index is 5860. The first-order chi connectivity index (χ1) is 53.1. The molecule has 0 radical (unpaired) electrons. The molecule has 4 N–H and O–H groups in total. The minimum atomic E-state index is -0.679. The number of nitrogens with zero attached hydrogens (tertiary/aromatic N) is 4. The van der Waals surface area contributed by atoms with Crippen molar-refractivity contribution < 1.29 is 90.9 Å². The molecule has 4 aromatic heterocycles. The van der Waals surface area contributed by atoms with Gasteiger partial charge in [0.2, 0.25) is 0 Å². The Morgan fingerprint density at radius 2 is 0.607 bits per heavy atom. The van der Waals surface area contributed by atoms with Crippen molar-refractivity contribution in [3.8, 4) is 69.0 Å². The van der Waals surface area contributed by atoms with E-state index < -0.39 is 80.0 Å². The molecule has 0 saturated carbocycles. The predicted molar refractivity (Wildman–Crippen MR) is 411 cm³/mol. The number of hydrogen-bond donors (Lipinski definition) is 4. The molecule has 112 heavy (non-hydrogen) atoms. The van der Waals surface area contributed by atoms with Gasteiger partial charge in [-0.1, -0.05) is 41.9 Å². The molecule has 0 unspecified atom stereocenters. The summed E-state index contributed by atoms with van der Waals surface area (Å²) in [5.74, 6) is -3.50. The topological polar surface area (TPSA) is 342 Å². The van der Waals surface area contributed by atoms with E-state index in [-0.39, 0.29) is 125 Å². The molecule has 4 heterocycles. The van der Waals surface area contributed by atoms with E-state index in [0.29, 0.717) is 72.0 Å². The number of carbonyl (C=O) groups is 8. The van der Waals surface area contributed by atoms with Gasteiger partial charge in [0, 0.05) is 131 Å². The van der Waals surface area contributed by atoms with Crippen LogP contribution in [0.15, 0.2) is 189 Å². The summed E-state index contributed by atoms with van der Waals surface area (Å²) in [5, 5.41) is 43.7. The number of fused-ring (bicyclic) bond motifs is 4. The molecule has 0 aliphatic rings. The lowest BCUT2D eigenvalue weighted by molar-refractivity contribution is -0.117. The van der Waals surface area contributed by atoms with E-state index >= 15 is 0 Å². The standard InChI is InChI=1S/C21H18ClNO5.3C21H18FNO5/c1-12(24)7-10-17(25)19-20(26)14-9-8-13(11-16(14)23(2)21(19)27)28-18-6-4-3-5-15(18)22;1-12(24)3-10-18(25)19-20(26)16-9-8-15(11-17(16)23(2)21(19)27)28-14-6-4-13(22)5-7-14;1-12(24)6-9-18(25)19-20(26)16-8-7-15(11-17(16)23(2)21(19)27)28-14-5-3-4-13(22)10-14;1-12(24)7-10-17(25)19-20(26)14-9-8-13(11-16(14)23(2)21(19)27)28-18-6-4-3-5-15(18)22/h3-6,8-9,11,26H,7,10H2,1-2H3;4-9,11,26H,3,10H2,1-2H3;3-5,7-8,10-11,26H,6,9H2,1-2H3;3-6,8-9,11,26H,7,10H2,1-2H3. The minimum absolute atomic E-state index is 0.000121. The molecule has 24 nitrogen and oxygen atoms in total. The van der Waals surface area contributed by atoms with Crippen LogP contribution in [0.5, 0.6) is 69.0 Å². The van der Waals surface area contributed by atoms with Crippen molar-refractivity contribution in [3.63, 3.8) is 0 Å². The number of carbonyl (C=O) groups excluding carboxylic acids is 8. The van der Waals surface area contributed by atoms with Gasteiger partial charge in [0.1, 0.15) is 120 Å². The molecular weight excluding hydrogens is 1480 g/mol. The molecular formula is C84H72ClF3N4O20. The number of pyridine rings is 4. The van der Waals surface area contributed by atoms with Crippen molar-refractivity contribution in [2.75, 3.05) is 0 Å². The lowest BCUT2D eigenvalue weighted by Gasteiger charge is -2.13. The molecule has 0 amide bonds. The normalized spacial score (nSPS) is 10.8. The lowest BCUT2D eigenvalue weighted by atomic mass is 10.0. The van der Waals surface area contributed by atoms with E-state index in [1.54, 1.807) is 72.8 Å². The van der Waals surface area contributed by atoms with Gasteiger partial charge in [-0.3, -0.25) is 38.4 Å². The third kappa shape index (κ3) is 19.5. The maximum atomic E-state index is 13.8. The summed E-state index contributed by atoms with van der Waals surface area (Å²) < 4.78 is 67.6. The smallest absolute Gasteiger partial charge is 0.265 e. The third-order valence-corrected chi connectivity index (χ3v) is 17.8. The van der Waals surface area contributed by atoms with Gasteiger partial charge in [0.15, 0.2) is 34.7 Å². The fraction of sp³-hybridized carbons (Fsp3) is 0.190. The van der Waals surface area contributed by atoms with Gasteiger partial charge in [-0.25, -0.2) is 13.2 Å². The van der Waals surface area contributed by atoms with Crippen LogP contribution >= 0.6 is 11.6 Å². The number of aromatic hydroxyl groups is 4. The number of benzene rings is 8. The molecule has 0 spiro atoms. The maximum Gasteiger partial charge on any atom is 0.265 e. The van der Waals surface area contributed by atoms with Crippen molar-refractivity contribution in [1.29, 1.82) is 0 Å². The fourth-order valence-corrected chi connectivity index (χ4v) is 11.7. The number of Topliss-reactive ketones (excluding diaryl/α,β-unsaturated/α-hetero) is 8. The Morgan fingerprint density at radius 3 is 0.929 bits per heavy atom. The summed E-state index contributed by atoms with van der Waals surface area (Å²) >= 11 is 6.10. The van der Waals surface area contributed by atoms with Crippen LogP contribution in [0.25, 0.3) is 43.6 Å². The molecule has 576 valence electrons. The van der Waals surface area contributed by atoms with Crippen LogP contribution in [-0.2, 0) is 47.4 Å². The van der Waals surface area contributed by atoms with E-state index in [4.69, 9.17) is 30.5 Å². The summed E-state index contributed by atoms with van der Waals surface area (Å²) in [7, 11) is 5.91. The molecule has 0 saturated heterocycles. The van der Waals surface area contributed by atoms with Crippen LogP contribution in [-0.4, -0.2) is 85.0 Å². The molecule has 0 bridgehead atoms. The number of aryl methyl sites for hydroxylation is 4. The zero-order valence-corrected chi connectivity index (χ0v) is 62.2. The Labute approximate surface area is 639 Å². The zero-order chi connectivity index (χ0) is 81.7. The van der Waals surface area contributed by atoms with Gasteiger partial charge >= 0.3 is 0 Å². The van der Waals surface area contributed by atoms with Crippen molar-refractivity contribution in [2.24, 2.45) is 28.2 Å². The lowest BCUT2D eigenvalue weighted by Crippen LogP contribution is -2.25. The van der Waals surface area contributed by atoms with Crippen molar-refractivity contribution in [3.05, 3.63) is 256 Å². The number of rotatable bonds is 24. The van der Waals surface area contributed by atoms with E-state index in [2.05, 4.69) is 0 Å².